The Morgan fingerprint density at radius 1 is 1.71 bits per heavy atom. The van der Waals surface area contributed by atoms with Gasteiger partial charge in [-0.05, 0) is 0 Å². The number of ether oxygens (including phenoxy) is 1. The van der Waals surface area contributed by atoms with Gasteiger partial charge >= 0.3 is 5.97 Å². The average Bonchev–Trinajstić information content (AvgIpc) is 2.71. The number of methoxy groups -OCH3 is 1. The molecule has 0 aliphatic rings. The van der Waals surface area contributed by atoms with E-state index in [0.29, 0.717) is 12.0 Å². The van der Waals surface area contributed by atoms with Gasteiger partial charge in [0.05, 0.1) is 29.8 Å². The van der Waals surface area contributed by atoms with E-state index >= 15 is 0 Å². The minimum Gasteiger partial charge on any atom is -0.465 e. The number of carbonyl (C=O) groups is 2. The summed E-state index contributed by atoms with van der Waals surface area (Å²) in [6.07, 6.45) is 1.64. The van der Waals surface area contributed by atoms with Crippen molar-refractivity contribution >= 4 is 29.3 Å². The summed E-state index contributed by atoms with van der Waals surface area (Å²) in [6, 6.07) is 1.74. The highest BCUT2D eigenvalue weighted by atomic mass is 32.1. The van der Waals surface area contributed by atoms with Crippen molar-refractivity contribution in [2.75, 3.05) is 12.4 Å². The zero-order valence-electron chi connectivity index (χ0n) is 8.89. The third kappa shape index (κ3) is 2.83. The Balaban J connectivity index is 3.13. The van der Waals surface area contributed by atoms with Crippen LogP contribution in [-0.2, 0) is 4.74 Å². The minimum absolute atomic E-state index is 0.0768. The maximum absolute atomic E-state index is 11.5. The Hall–Kier alpha value is -2.33. The average molecular weight is 251 g/mol. The lowest BCUT2D eigenvalue weighted by atomic mass is 10.2. The molecule has 0 saturated heterocycles. The van der Waals surface area contributed by atoms with Crippen molar-refractivity contribution in [3.63, 3.8) is 0 Å². The lowest BCUT2D eigenvalue weighted by Crippen LogP contribution is -2.12. The zero-order chi connectivity index (χ0) is 12.8. The van der Waals surface area contributed by atoms with Crippen LogP contribution in [0, 0.1) is 11.3 Å². The fourth-order valence-corrected chi connectivity index (χ4v) is 1.91. The van der Waals surface area contributed by atoms with Gasteiger partial charge in [0.15, 0.2) is 6.29 Å². The smallest absolute Gasteiger partial charge is 0.341 e. The summed E-state index contributed by atoms with van der Waals surface area (Å²) in [5.41, 5.74) is 5.92. The number of thiophene rings is 1. The first-order valence-corrected chi connectivity index (χ1v) is 5.29. The number of nitrogens with zero attached hydrogens (tertiary/aromatic N) is 1. The number of nitriles is 1. The summed E-state index contributed by atoms with van der Waals surface area (Å²) in [4.78, 5) is 22.5. The van der Waals surface area contributed by atoms with Gasteiger partial charge in [0.1, 0.15) is 11.4 Å². The van der Waals surface area contributed by atoms with Crippen LogP contribution in [0.2, 0.25) is 0 Å². The highest BCUT2D eigenvalue weighted by Gasteiger charge is 2.19. The van der Waals surface area contributed by atoms with E-state index < -0.39 is 5.97 Å². The van der Waals surface area contributed by atoms with Gasteiger partial charge in [-0.3, -0.25) is 4.79 Å². The molecular formula is C10H9N3O3S. The van der Waals surface area contributed by atoms with Crippen molar-refractivity contribution in [2.45, 2.75) is 0 Å². The normalized spacial score (nSPS) is 10.5. The molecule has 0 saturated carbocycles. The van der Waals surface area contributed by atoms with Gasteiger partial charge in [-0.2, -0.15) is 5.26 Å². The first kappa shape index (κ1) is 12.7. The van der Waals surface area contributed by atoms with Crippen LogP contribution in [0.4, 0.5) is 5.69 Å². The van der Waals surface area contributed by atoms with Crippen LogP contribution < -0.4 is 11.1 Å². The number of allylic oxidation sites excluding steroid dienone is 1. The number of anilines is 1. The van der Waals surface area contributed by atoms with Gasteiger partial charge < -0.3 is 15.8 Å². The summed E-state index contributed by atoms with van der Waals surface area (Å²) in [7, 11) is 1.22. The lowest BCUT2D eigenvalue weighted by Gasteiger charge is -2.05. The van der Waals surface area contributed by atoms with Crippen molar-refractivity contribution < 1.29 is 14.3 Å². The van der Waals surface area contributed by atoms with E-state index in [-0.39, 0.29) is 16.3 Å². The molecule has 17 heavy (non-hydrogen) atoms. The van der Waals surface area contributed by atoms with Gasteiger partial charge in [-0.15, -0.1) is 11.3 Å². The van der Waals surface area contributed by atoms with E-state index in [4.69, 9.17) is 11.0 Å². The van der Waals surface area contributed by atoms with Gasteiger partial charge in [0.2, 0.25) is 0 Å². The SMILES string of the molecule is COC(=O)c1c(N/C(N)=C\C#N)csc1C=O. The molecule has 1 aromatic heterocycles. The lowest BCUT2D eigenvalue weighted by molar-refractivity contribution is 0.0600. The van der Waals surface area contributed by atoms with Crippen LogP contribution in [0.3, 0.4) is 0 Å². The number of nitrogens with two attached hydrogens (primary N) is 1. The molecule has 0 amide bonds. The van der Waals surface area contributed by atoms with Crippen molar-refractivity contribution in [2.24, 2.45) is 5.73 Å². The van der Waals surface area contributed by atoms with Crippen LogP contribution in [0.1, 0.15) is 20.0 Å². The quantitative estimate of drug-likeness (QED) is 0.471. The number of esters is 1. The molecule has 0 unspecified atom stereocenters. The second-order valence-corrected chi connectivity index (χ2v) is 3.76. The van der Waals surface area contributed by atoms with E-state index in [1.165, 1.54) is 7.11 Å². The van der Waals surface area contributed by atoms with Crippen LogP contribution >= 0.6 is 11.3 Å². The molecule has 1 aromatic rings. The zero-order valence-corrected chi connectivity index (χ0v) is 9.71. The second kappa shape index (κ2) is 5.67. The van der Waals surface area contributed by atoms with E-state index in [1.54, 1.807) is 11.4 Å². The van der Waals surface area contributed by atoms with E-state index in [2.05, 4.69) is 10.1 Å². The first-order chi connectivity index (χ1) is 8.13. The third-order valence-electron chi connectivity index (χ3n) is 1.82. The molecule has 88 valence electrons. The summed E-state index contributed by atoms with van der Waals surface area (Å²) in [5, 5.41) is 12.6. The largest absolute Gasteiger partial charge is 0.465 e. The topological polar surface area (TPSA) is 105 Å². The molecule has 6 nitrogen and oxygen atoms in total. The predicted molar refractivity (Wildman–Crippen MR) is 62.6 cm³/mol. The molecule has 0 fully saturated rings. The highest BCUT2D eigenvalue weighted by Crippen LogP contribution is 2.27. The maximum atomic E-state index is 11.5. The molecule has 0 spiro atoms. The van der Waals surface area contributed by atoms with Crippen LogP contribution in [0.15, 0.2) is 17.3 Å². The molecule has 0 aliphatic heterocycles. The van der Waals surface area contributed by atoms with E-state index in [1.807, 2.05) is 0 Å². The van der Waals surface area contributed by atoms with Crippen molar-refractivity contribution in [3.8, 4) is 6.07 Å². The summed E-state index contributed by atoms with van der Waals surface area (Å²) in [6.45, 7) is 0. The molecule has 1 heterocycles. The second-order valence-electron chi connectivity index (χ2n) is 2.85. The maximum Gasteiger partial charge on any atom is 0.341 e. The molecule has 0 bridgehead atoms. The first-order valence-electron chi connectivity index (χ1n) is 4.41. The van der Waals surface area contributed by atoms with Crippen molar-refractivity contribution in [3.05, 3.63) is 27.7 Å². The number of hydrogen-bond acceptors (Lipinski definition) is 7. The number of aldehydes is 1. The van der Waals surface area contributed by atoms with Crippen LogP contribution in [0.5, 0.6) is 0 Å². The number of rotatable bonds is 4. The van der Waals surface area contributed by atoms with Crippen LogP contribution in [0.25, 0.3) is 0 Å². The molecular weight excluding hydrogens is 242 g/mol. The van der Waals surface area contributed by atoms with Crippen molar-refractivity contribution in [1.29, 1.82) is 5.26 Å². The van der Waals surface area contributed by atoms with Gasteiger partial charge in [-0.25, -0.2) is 4.79 Å². The molecule has 0 radical (unpaired) electrons. The molecule has 7 heteroatoms. The minimum atomic E-state index is -0.638. The number of hydrogen-bond donors (Lipinski definition) is 2. The van der Waals surface area contributed by atoms with Crippen molar-refractivity contribution in [1.82, 2.24) is 0 Å². The molecule has 0 aliphatic carbocycles. The van der Waals surface area contributed by atoms with Gasteiger partial charge in [0, 0.05) is 5.38 Å². The Bertz CT molecular complexity index is 513. The Morgan fingerprint density at radius 2 is 2.41 bits per heavy atom. The molecule has 0 aromatic carbocycles. The Morgan fingerprint density at radius 3 is 2.94 bits per heavy atom. The predicted octanol–water partition coefficient (Wildman–Crippen LogP) is 1.08. The standard InChI is InChI=1S/C10H9N3O3S/c1-16-10(15)9-6(5-17-7(9)4-14)13-8(12)2-3-11/h2,4-5,13H,12H2,1H3/b8-2-. The summed E-state index contributed by atoms with van der Waals surface area (Å²) in [5.74, 6) is -0.562. The fraction of sp³-hybridized carbons (Fsp3) is 0.100. The molecule has 0 atom stereocenters. The fourth-order valence-electron chi connectivity index (χ4n) is 1.13. The summed E-state index contributed by atoms with van der Waals surface area (Å²) >= 11 is 1.08. The van der Waals surface area contributed by atoms with Gasteiger partial charge in [0.25, 0.3) is 0 Å². The van der Waals surface area contributed by atoms with E-state index in [0.717, 1.165) is 17.4 Å². The Kier molecular flexibility index (Phi) is 4.25. The molecule has 3 N–H and O–H groups in total. The van der Waals surface area contributed by atoms with Gasteiger partial charge in [-0.1, -0.05) is 0 Å². The third-order valence-corrected chi connectivity index (χ3v) is 2.72. The van der Waals surface area contributed by atoms with E-state index in [9.17, 15) is 9.59 Å². The Labute approximate surface area is 101 Å². The highest BCUT2D eigenvalue weighted by molar-refractivity contribution is 7.12. The van der Waals surface area contributed by atoms with Crippen LogP contribution in [-0.4, -0.2) is 19.4 Å². The summed E-state index contributed by atoms with van der Waals surface area (Å²) < 4.78 is 4.56. The number of carbonyl (C=O) groups excluding carboxylic acids is 2. The number of nitrogens with one attached hydrogen (secondary N) is 1. The monoisotopic (exact) mass is 251 g/mol. The molecule has 1 rings (SSSR count).